The fraction of sp³-hybridized carbons (Fsp3) is 0.556. The minimum absolute atomic E-state index is 0.0885. The van der Waals surface area contributed by atoms with Gasteiger partial charge in [0.25, 0.3) is 0 Å². The summed E-state index contributed by atoms with van der Waals surface area (Å²) in [5, 5.41) is 12.1. The van der Waals surface area contributed by atoms with Crippen LogP contribution < -0.4 is 14.8 Å². The van der Waals surface area contributed by atoms with Crippen molar-refractivity contribution in [2.75, 3.05) is 20.2 Å². The van der Waals surface area contributed by atoms with Gasteiger partial charge in [-0.15, -0.1) is 0 Å². The van der Waals surface area contributed by atoms with E-state index in [1.54, 1.807) is 18.9 Å². The molecule has 2 unspecified atom stereocenters. The Balaban J connectivity index is 2.24. The Bertz CT molecular complexity index is 647. The van der Waals surface area contributed by atoms with E-state index < -0.39 is 12.0 Å². The zero-order valence-corrected chi connectivity index (χ0v) is 15.2. The van der Waals surface area contributed by atoms with Crippen molar-refractivity contribution in [3.63, 3.8) is 0 Å². The molecule has 7 heteroatoms. The molecule has 1 aliphatic heterocycles. The zero-order chi connectivity index (χ0) is 18.6. The Morgan fingerprint density at radius 2 is 2.20 bits per heavy atom. The lowest BCUT2D eigenvalue weighted by Crippen LogP contribution is -2.42. The van der Waals surface area contributed by atoms with Crippen LogP contribution in [0.15, 0.2) is 12.1 Å². The summed E-state index contributed by atoms with van der Waals surface area (Å²) >= 11 is 0. The largest absolute Gasteiger partial charge is 0.497 e. The molecule has 25 heavy (non-hydrogen) atoms. The highest BCUT2D eigenvalue weighted by atomic mass is 16.5. The van der Waals surface area contributed by atoms with Gasteiger partial charge in [0.05, 0.1) is 7.11 Å². The molecule has 1 aliphatic rings. The third kappa shape index (κ3) is 4.85. The number of carbonyl (C=O) groups is 2. The van der Waals surface area contributed by atoms with Crippen LogP contribution >= 0.6 is 0 Å². The van der Waals surface area contributed by atoms with Gasteiger partial charge in [-0.05, 0) is 26.0 Å². The molecule has 0 saturated heterocycles. The smallest absolute Gasteiger partial charge is 0.320 e. The van der Waals surface area contributed by atoms with Crippen LogP contribution in [0.1, 0.15) is 31.9 Å². The van der Waals surface area contributed by atoms with E-state index in [0.717, 1.165) is 29.0 Å². The van der Waals surface area contributed by atoms with Gasteiger partial charge >= 0.3 is 5.97 Å². The standard InChI is InChI=1S/C18H26N2O5/c1-11-7-14-8-16(24-4)9-15(17(14)25-11)10-20(12(2)18(22)23)6-5-19-13(3)21/h8-9,11-12H,5-7,10H2,1-4H3,(H,19,21)(H,22,23). The molecule has 1 amide bonds. The maximum Gasteiger partial charge on any atom is 0.320 e. The second-order valence-electron chi connectivity index (χ2n) is 6.38. The van der Waals surface area contributed by atoms with Gasteiger partial charge in [-0.2, -0.15) is 0 Å². The Morgan fingerprint density at radius 3 is 2.80 bits per heavy atom. The molecule has 1 aromatic rings. The molecule has 0 aromatic heterocycles. The highest BCUT2D eigenvalue weighted by molar-refractivity contribution is 5.73. The van der Waals surface area contributed by atoms with Crippen molar-refractivity contribution in [2.45, 2.75) is 45.9 Å². The number of methoxy groups -OCH3 is 1. The van der Waals surface area contributed by atoms with E-state index in [1.165, 1.54) is 6.92 Å². The van der Waals surface area contributed by atoms with Crippen LogP contribution in [0.3, 0.4) is 0 Å². The Labute approximate surface area is 147 Å². The first kappa shape index (κ1) is 19.1. The molecule has 2 N–H and O–H groups in total. The number of benzene rings is 1. The van der Waals surface area contributed by atoms with Crippen molar-refractivity contribution < 1.29 is 24.2 Å². The molecule has 2 rings (SSSR count). The molecular weight excluding hydrogens is 324 g/mol. The second kappa shape index (κ2) is 8.20. The summed E-state index contributed by atoms with van der Waals surface area (Å²) in [6, 6.07) is 3.16. The number of fused-ring (bicyclic) bond motifs is 1. The van der Waals surface area contributed by atoms with Crippen molar-refractivity contribution in [3.05, 3.63) is 23.3 Å². The Kier molecular flexibility index (Phi) is 6.25. The first-order chi connectivity index (χ1) is 11.8. The number of aliphatic carboxylic acids is 1. The SMILES string of the molecule is COc1cc2c(c(CN(CCNC(C)=O)C(C)C(=O)O)c1)OC(C)C2. The second-order valence-corrected chi connectivity index (χ2v) is 6.38. The Morgan fingerprint density at radius 1 is 1.48 bits per heavy atom. The van der Waals surface area contributed by atoms with E-state index >= 15 is 0 Å². The monoisotopic (exact) mass is 350 g/mol. The summed E-state index contributed by atoms with van der Waals surface area (Å²) in [6.07, 6.45) is 0.894. The van der Waals surface area contributed by atoms with Gasteiger partial charge in [-0.3, -0.25) is 14.5 Å². The van der Waals surface area contributed by atoms with Crippen molar-refractivity contribution in [3.8, 4) is 11.5 Å². The number of nitrogens with zero attached hydrogens (tertiary/aromatic N) is 1. The molecule has 0 aliphatic carbocycles. The molecule has 0 spiro atoms. The molecule has 138 valence electrons. The van der Waals surface area contributed by atoms with Gasteiger partial charge in [-0.1, -0.05) is 0 Å². The number of hydrogen-bond acceptors (Lipinski definition) is 5. The highest BCUT2D eigenvalue weighted by Gasteiger charge is 2.27. The predicted molar refractivity (Wildman–Crippen MR) is 93.0 cm³/mol. The molecule has 1 aromatic carbocycles. The number of nitrogens with one attached hydrogen (secondary N) is 1. The first-order valence-electron chi connectivity index (χ1n) is 8.39. The van der Waals surface area contributed by atoms with Crippen molar-refractivity contribution >= 4 is 11.9 Å². The van der Waals surface area contributed by atoms with Gasteiger partial charge < -0.3 is 19.9 Å². The first-order valence-corrected chi connectivity index (χ1v) is 8.39. The molecular formula is C18H26N2O5. The Hall–Kier alpha value is -2.28. The number of ether oxygens (including phenoxy) is 2. The van der Waals surface area contributed by atoms with Crippen LogP contribution in [0.5, 0.6) is 11.5 Å². The number of carbonyl (C=O) groups excluding carboxylic acids is 1. The summed E-state index contributed by atoms with van der Waals surface area (Å²) in [5.41, 5.74) is 1.97. The molecule has 0 radical (unpaired) electrons. The molecule has 1 heterocycles. The van der Waals surface area contributed by atoms with Gasteiger partial charge in [0, 0.05) is 44.1 Å². The quantitative estimate of drug-likeness (QED) is 0.737. The summed E-state index contributed by atoms with van der Waals surface area (Å²) in [7, 11) is 1.61. The molecule has 7 nitrogen and oxygen atoms in total. The van der Waals surface area contributed by atoms with E-state index in [-0.39, 0.29) is 12.0 Å². The third-order valence-corrected chi connectivity index (χ3v) is 4.33. The third-order valence-electron chi connectivity index (χ3n) is 4.33. The fourth-order valence-electron chi connectivity index (χ4n) is 2.97. The fourth-order valence-corrected chi connectivity index (χ4v) is 2.97. The number of rotatable bonds is 8. The maximum atomic E-state index is 11.5. The van der Waals surface area contributed by atoms with E-state index in [2.05, 4.69) is 5.32 Å². The van der Waals surface area contributed by atoms with E-state index in [9.17, 15) is 14.7 Å². The van der Waals surface area contributed by atoms with Crippen molar-refractivity contribution in [1.29, 1.82) is 0 Å². The lowest BCUT2D eigenvalue weighted by molar-refractivity contribution is -0.142. The molecule has 0 saturated carbocycles. The van der Waals surface area contributed by atoms with E-state index in [1.807, 2.05) is 19.1 Å². The summed E-state index contributed by atoms with van der Waals surface area (Å²) in [6.45, 7) is 6.30. The van der Waals surface area contributed by atoms with Crippen LogP contribution in [-0.4, -0.2) is 54.2 Å². The number of carboxylic acid groups (broad SMARTS) is 1. The van der Waals surface area contributed by atoms with E-state index in [4.69, 9.17) is 9.47 Å². The van der Waals surface area contributed by atoms with E-state index in [0.29, 0.717) is 19.6 Å². The van der Waals surface area contributed by atoms with Crippen molar-refractivity contribution in [1.82, 2.24) is 10.2 Å². The van der Waals surface area contributed by atoms with Crippen molar-refractivity contribution in [2.24, 2.45) is 0 Å². The van der Waals surface area contributed by atoms with Crippen LogP contribution in [0.2, 0.25) is 0 Å². The zero-order valence-electron chi connectivity index (χ0n) is 15.2. The van der Waals surface area contributed by atoms with Crippen LogP contribution in [0.25, 0.3) is 0 Å². The lowest BCUT2D eigenvalue weighted by Gasteiger charge is -2.27. The van der Waals surface area contributed by atoms with Gasteiger partial charge in [-0.25, -0.2) is 0 Å². The highest BCUT2D eigenvalue weighted by Crippen LogP contribution is 2.37. The lowest BCUT2D eigenvalue weighted by atomic mass is 10.0. The average Bonchev–Trinajstić information content (AvgIpc) is 2.92. The average molecular weight is 350 g/mol. The normalized spacial score (nSPS) is 16.9. The number of amides is 1. The predicted octanol–water partition coefficient (Wildman–Crippen LogP) is 1.43. The maximum absolute atomic E-state index is 11.5. The minimum atomic E-state index is -0.906. The molecule has 2 atom stereocenters. The van der Waals surface area contributed by atoms with Gasteiger partial charge in [0.2, 0.25) is 5.91 Å². The minimum Gasteiger partial charge on any atom is -0.497 e. The van der Waals surface area contributed by atoms with Gasteiger partial charge in [0.1, 0.15) is 23.6 Å². The summed E-state index contributed by atoms with van der Waals surface area (Å²) in [5.74, 6) is 0.505. The number of hydrogen-bond donors (Lipinski definition) is 2. The van der Waals surface area contributed by atoms with Crippen LogP contribution in [0, 0.1) is 0 Å². The molecule has 0 bridgehead atoms. The van der Waals surface area contributed by atoms with Gasteiger partial charge in [0.15, 0.2) is 0 Å². The van der Waals surface area contributed by atoms with Crippen LogP contribution in [0.4, 0.5) is 0 Å². The van der Waals surface area contributed by atoms with Crippen LogP contribution in [-0.2, 0) is 22.6 Å². The summed E-state index contributed by atoms with van der Waals surface area (Å²) < 4.78 is 11.3. The number of carboxylic acids is 1. The summed E-state index contributed by atoms with van der Waals surface area (Å²) in [4.78, 5) is 24.3. The molecule has 0 fully saturated rings. The topological polar surface area (TPSA) is 88.1 Å².